The average Bonchev–Trinajstić information content (AvgIpc) is 3.28. The van der Waals surface area contributed by atoms with Gasteiger partial charge in [-0.25, -0.2) is 0 Å². The van der Waals surface area contributed by atoms with Crippen molar-refractivity contribution in [3.8, 4) is 11.4 Å². The van der Waals surface area contributed by atoms with Gasteiger partial charge in [0.05, 0.1) is 0 Å². The van der Waals surface area contributed by atoms with Crippen molar-refractivity contribution in [1.82, 2.24) is 30.7 Å². The maximum Gasteiger partial charge on any atom is 0.185 e. The molecule has 7 nitrogen and oxygen atoms in total. The molecule has 128 valence electrons. The second-order valence-corrected chi connectivity index (χ2v) is 6.92. The third kappa shape index (κ3) is 2.75. The Bertz CT molecular complexity index is 876. The van der Waals surface area contributed by atoms with Crippen LogP contribution in [0.2, 0.25) is 0 Å². The molecular formula is C18H21N7. The van der Waals surface area contributed by atoms with Crippen molar-refractivity contribution in [2.75, 3.05) is 11.9 Å². The number of fused-ring (bicyclic) bond motifs is 2. The van der Waals surface area contributed by atoms with E-state index >= 15 is 0 Å². The lowest BCUT2D eigenvalue weighted by Gasteiger charge is -2.31. The normalized spacial score (nSPS) is 25.8. The summed E-state index contributed by atoms with van der Waals surface area (Å²) in [4.78, 5) is 0. The predicted octanol–water partition coefficient (Wildman–Crippen LogP) is 1.85. The quantitative estimate of drug-likeness (QED) is 0.678. The second kappa shape index (κ2) is 6.09. The van der Waals surface area contributed by atoms with E-state index in [0.29, 0.717) is 18.0 Å². The molecule has 2 fully saturated rings. The van der Waals surface area contributed by atoms with Crippen molar-refractivity contribution < 1.29 is 0 Å². The number of rotatable bonds is 3. The molecule has 0 amide bonds. The predicted molar refractivity (Wildman–Crippen MR) is 95.9 cm³/mol. The number of hydrazine groups is 1. The van der Waals surface area contributed by atoms with Crippen LogP contribution in [0.25, 0.3) is 17.0 Å². The van der Waals surface area contributed by atoms with Gasteiger partial charge in [-0.1, -0.05) is 30.3 Å². The summed E-state index contributed by atoms with van der Waals surface area (Å²) in [7, 11) is 0. The lowest BCUT2D eigenvalue weighted by atomic mass is 9.83. The molecule has 3 atom stereocenters. The van der Waals surface area contributed by atoms with E-state index in [9.17, 15) is 0 Å². The summed E-state index contributed by atoms with van der Waals surface area (Å²) in [6.45, 7) is 1.05. The molecule has 25 heavy (non-hydrogen) atoms. The van der Waals surface area contributed by atoms with E-state index in [1.165, 1.54) is 6.42 Å². The molecule has 1 aliphatic heterocycles. The van der Waals surface area contributed by atoms with Gasteiger partial charge in [-0.15, -0.1) is 15.3 Å². The minimum absolute atomic E-state index is 0.463. The average molecular weight is 335 g/mol. The van der Waals surface area contributed by atoms with Crippen LogP contribution in [0.4, 0.5) is 5.82 Å². The van der Waals surface area contributed by atoms with Gasteiger partial charge in [0.2, 0.25) is 0 Å². The minimum atomic E-state index is 0.463. The summed E-state index contributed by atoms with van der Waals surface area (Å²) in [5.41, 5.74) is 8.43. The molecule has 0 bridgehead atoms. The first-order chi connectivity index (χ1) is 12.4. The maximum absolute atomic E-state index is 4.74. The van der Waals surface area contributed by atoms with Crippen molar-refractivity contribution in [2.24, 2.45) is 5.92 Å². The molecule has 0 spiro atoms. The van der Waals surface area contributed by atoms with Crippen LogP contribution in [0.5, 0.6) is 0 Å². The Morgan fingerprint density at radius 1 is 1.04 bits per heavy atom. The van der Waals surface area contributed by atoms with Crippen LogP contribution < -0.4 is 16.2 Å². The summed E-state index contributed by atoms with van der Waals surface area (Å²) in [6, 6.07) is 15.1. The van der Waals surface area contributed by atoms with Crippen LogP contribution in [-0.4, -0.2) is 38.4 Å². The molecule has 1 saturated heterocycles. The van der Waals surface area contributed by atoms with Crippen molar-refractivity contribution >= 4 is 11.5 Å². The zero-order chi connectivity index (χ0) is 16.6. The van der Waals surface area contributed by atoms with Crippen LogP contribution in [-0.2, 0) is 0 Å². The van der Waals surface area contributed by atoms with Crippen molar-refractivity contribution in [3.63, 3.8) is 0 Å². The number of anilines is 1. The lowest BCUT2D eigenvalue weighted by Crippen LogP contribution is -2.39. The molecule has 7 heteroatoms. The van der Waals surface area contributed by atoms with E-state index in [0.717, 1.165) is 42.2 Å². The Kier molecular flexibility index (Phi) is 3.61. The molecule has 0 radical (unpaired) electrons. The maximum atomic E-state index is 4.74. The van der Waals surface area contributed by atoms with Gasteiger partial charge in [0.15, 0.2) is 11.5 Å². The van der Waals surface area contributed by atoms with Crippen molar-refractivity contribution in [1.29, 1.82) is 0 Å². The minimum Gasteiger partial charge on any atom is -0.366 e. The highest BCUT2D eigenvalue weighted by Crippen LogP contribution is 2.28. The molecule has 1 aliphatic carbocycles. The number of nitrogens with one attached hydrogen (secondary N) is 3. The molecule has 5 rings (SSSR count). The molecule has 2 aromatic heterocycles. The van der Waals surface area contributed by atoms with E-state index in [1.807, 2.05) is 47.0 Å². The van der Waals surface area contributed by atoms with Crippen LogP contribution >= 0.6 is 0 Å². The summed E-state index contributed by atoms with van der Waals surface area (Å²) in [5.74, 6) is 2.35. The van der Waals surface area contributed by atoms with E-state index in [-0.39, 0.29) is 0 Å². The Balaban J connectivity index is 1.41. The third-order valence-electron chi connectivity index (χ3n) is 5.28. The summed E-state index contributed by atoms with van der Waals surface area (Å²) in [6.07, 6.45) is 3.51. The number of nitrogens with zero attached hydrogens (tertiary/aromatic N) is 4. The fourth-order valence-electron chi connectivity index (χ4n) is 3.97. The first kappa shape index (κ1) is 14.8. The molecule has 1 aromatic carbocycles. The molecule has 3 N–H and O–H groups in total. The molecule has 2 aliphatic rings. The zero-order valence-corrected chi connectivity index (χ0v) is 13.9. The van der Waals surface area contributed by atoms with Gasteiger partial charge in [-0.05, 0) is 37.3 Å². The SMILES string of the molecule is c1ccc(-c2nnc3ccc(NC4CCC5NNCC5C4)nn23)cc1. The van der Waals surface area contributed by atoms with Gasteiger partial charge in [-0.2, -0.15) is 4.52 Å². The Hall–Kier alpha value is -2.51. The third-order valence-corrected chi connectivity index (χ3v) is 5.28. The summed E-state index contributed by atoms with van der Waals surface area (Å²) < 4.78 is 1.82. The largest absolute Gasteiger partial charge is 0.366 e. The van der Waals surface area contributed by atoms with Gasteiger partial charge >= 0.3 is 0 Å². The topological polar surface area (TPSA) is 79.2 Å². The van der Waals surface area contributed by atoms with E-state index in [2.05, 4.69) is 26.4 Å². The van der Waals surface area contributed by atoms with Crippen molar-refractivity contribution in [2.45, 2.75) is 31.3 Å². The van der Waals surface area contributed by atoms with Gasteiger partial charge in [0, 0.05) is 24.2 Å². The van der Waals surface area contributed by atoms with Gasteiger partial charge in [0.25, 0.3) is 0 Å². The van der Waals surface area contributed by atoms with E-state index < -0.39 is 0 Å². The smallest absolute Gasteiger partial charge is 0.185 e. The number of aromatic nitrogens is 4. The molecular weight excluding hydrogens is 314 g/mol. The van der Waals surface area contributed by atoms with Gasteiger partial charge in [-0.3, -0.25) is 10.9 Å². The monoisotopic (exact) mass is 335 g/mol. The van der Waals surface area contributed by atoms with Crippen LogP contribution in [0.1, 0.15) is 19.3 Å². The van der Waals surface area contributed by atoms with Gasteiger partial charge in [0.1, 0.15) is 5.82 Å². The second-order valence-electron chi connectivity index (χ2n) is 6.92. The Morgan fingerprint density at radius 2 is 1.96 bits per heavy atom. The Labute approximate surface area is 145 Å². The summed E-state index contributed by atoms with van der Waals surface area (Å²) >= 11 is 0. The fraction of sp³-hybridized carbons (Fsp3) is 0.389. The highest BCUT2D eigenvalue weighted by molar-refractivity contribution is 5.59. The highest BCUT2D eigenvalue weighted by atomic mass is 15.4. The van der Waals surface area contributed by atoms with Gasteiger partial charge < -0.3 is 5.32 Å². The summed E-state index contributed by atoms with van der Waals surface area (Å²) in [5, 5.41) is 16.9. The number of hydrogen-bond acceptors (Lipinski definition) is 6. The standard InChI is InChI=1S/C18H21N7/c1-2-4-12(5-3-1)18-23-22-17-9-8-16(24-25(17)18)20-14-6-7-15-13(10-14)11-19-21-15/h1-5,8-9,13-15,19,21H,6-7,10-11H2,(H,20,24). The molecule has 3 unspecified atom stereocenters. The molecule has 1 saturated carbocycles. The molecule has 3 aromatic rings. The first-order valence-electron chi connectivity index (χ1n) is 8.89. The van der Waals surface area contributed by atoms with Crippen molar-refractivity contribution in [3.05, 3.63) is 42.5 Å². The Morgan fingerprint density at radius 3 is 2.88 bits per heavy atom. The van der Waals surface area contributed by atoms with Crippen LogP contribution in [0.3, 0.4) is 0 Å². The molecule has 3 heterocycles. The van der Waals surface area contributed by atoms with E-state index in [4.69, 9.17) is 5.10 Å². The number of hydrogen-bond donors (Lipinski definition) is 3. The van der Waals surface area contributed by atoms with Crippen LogP contribution in [0.15, 0.2) is 42.5 Å². The highest BCUT2D eigenvalue weighted by Gasteiger charge is 2.33. The van der Waals surface area contributed by atoms with Crippen LogP contribution in [0, 0.1) is 5.92 Å². The van der Waals surface area contributed by atoms with E-state index in [1.54, 1.807) is 0 Å². The zero-order valence-electron chi connectivity index (χ0n) is 13.9. The fourth-order valence-corrected chi connectivity index (χ4v) is 3.97. The number of benzene rings is 1. The lowest BCUT2D eigenvalue weighted by molar-refractivity contribution is 0.314. The first-order valence-corrected chi connectivity index (χ1v) is 8.89.